The zero-order valence-electron chi connectivity index (χ0n) is 8.14. The van der Waals surface area contributed by atoms with Crippen LogP contribution in [0.15, 0.2) is 0 Å². The van der Waals surface area contributed by atoms with Gasteiger partial charge in [0.15, 0.2) is 0 Å². The number of hydrogen-bond acceptors (Lipinski definition) is 2. The van der Waals surface area contributed by atoms with Gasteiger partial charge in [-0.25, -0.2) is 0 Å². The van der Waals surface area contributed by atoms with E-state index in [2.05, 4.69) is 5.32 Å². The summed E-state index contributed by atoms with van der Waals surface area (Å²) in [5.41, 5.74) is 0. The van der Waals surface area contributed by atoms with E-state index in [0.29, 0.717) is 0 Å². The van der Waals surface area contributed by atoms with Gasteiger partial charge in [-0.2, -0.15) is 0 Å². The Bertz CT molecular complexity index is 153. The van der Waals surface area contributed by atoms with Crippen LogP contribution in [0, 0.1) is 0 Å². The number of morpholine rings is 1. The Morgan fingerprint density at radius 3 is 3.12 bits per heavy atom. The summed E-state index contributed by atoms with van der Waals surface area (Å²) in [5, 5.41) is 2.82. The molecular formula is C6H13NO. The molecule has 1 fully saturated rings. The SMILES string of the molecule is [2H]C1OC([2H])C([2H])(C)NC1C. The minimum absolute atomic E-state index is 0.181. The van der Waals surface area contributed by atoms with E-state index in [-0.39, 0.29) is 6.04 Å². The van der Waals surface area contributed by atoms with Gasteiger partial charge in [0.25, 0.3) is 0 Å². The van der Waals surface area contributed by atoms with Crippen LogP contribution in [0.2, 0.25) is 0 Å². The zero-order valence-corrected chi connectivity index (χ0v) is 5.14. The first kappa shape index (κ1) is 3.18. The summed E-state index contributed by atoms with van der Waals surface area (Å²) in [7, 11) is 0. The topological polar surface area (TPSA) is 21.3 Å². The van der Waals surface area contributed by atoms with E-state index >= 15 is 0 Å². The molecule has 1 N–H and O–H groups in total. The third-order valence-corrected chi connectivity index (χ3v) is 0.983. The maximum Gasteiger partial charge on any atom is 0.0617 e. The lowest BCUT2D eigenvalue weighted by Gasteiger charge is -2.25. The van der Waals surface area contributed by atoms with Crippen LogP contribution in [0.3, 0.4) is 0 Å². The van der Waals surface area contributed by atoms with Crippen molar-refractivity contribution in [1.29, 1.82) is 0 Å². The standard InChI is InChI=1S/C6H13NO/c1-5-3-8-4-6(2)7-5/h5-7H,3-4H2,1-2H3/i3D,4D,5D. The Labute approximate surface area is 54.4 Å². The molecule has 0 aromatic rings. The minimum Gasteiger partial charge on any atom is -0.378 e. The summed E-state index contributed by atoms with van der Waals surface area (Å²) in [6, 6.07) is -1.27. The smallest absolute Gasteiger partial charge is 0.0617 e. The molecule has 2 nitrogen and oxygen atoms in total. The quantitative estimate of drug-likeness (QED) is 0.496. The predicted molar refractivity (Wildman–Crippen MR) is 32.9 cm³/mol. The van der Waals surface area contributed by atoms with Gasteiger partial charge in [-0.15, -0.1) is 0 Å². The molecule has 1 aliphatic rings. The Kier molecular flexibility index (Phi) is 0.980. The van der Waals surface area contributed by atoms with Gasteiger partial charge >= 0.3 is 0 Å². The van der Waals surface area contributed by atoms with E-state index in [4.69, 9.17) is 8.85 Å². The van der Waals surface area contributed by atoms with Crippen molar-refractivity contribution in [3.8, 4) is 0 Å². The van der Waals surface area contributed by atoms with E-state index in [1.54, 1.807) is 13.8 Å². The maximum atomic E-state index is 7.55. The first-order chi connectivity index (χ1) is 4.93. The summed E-state index contributed by atoms with van der Waals surface area (Å²) in [4.78, 5) is 0. The summed E-state index contributed by atoms with van der Waals surface area (Å²) in [6.07, 6.45) is 0. The van der Waals surface area contributed by atoms with Gasteiger partial charge in [0.05, 0.1) is 15.9 Å². The Morgan fingerprint density at radius 2 is 2.50 bits per heavy atom. The van der Waals surface area contributed by atoms with E-state index in [9.17, 15) is 0 Å². The predicted octanol–water partition coefficient (Wildman–Crippen LogP) is 0.383. The van der Waals surface area contributed by atoms with Crippen molar-refractivity contribution in [3.05, 3.63) is 0 Å². The van der Waals surface area contributed by atoms with E-state index in [0.717, 1.165) is 0 Å². The lowest BCUT2D eigenvalue weighted by atomic mass is 10.2. The van der Waals surface area contributed by atoms with Gasteiger partial charge in [-0.3, -0.25) is 0 Å². The molecule has 0 bridgehead atoms. The van der Waals surface area contributed by atoms with E-state index < -0.39 is 19.2 Å². The number of nitrogens with one attached hydrogen (secondary N) is 1. The first-order valence-electron chi connectivity index (χ1n) is 4.36. The number of hydrogen-bond donors (Lipinski definition) is 1. The molecular weight excluding hydrogens is 102 g/mol. The summed E-state index contributed by atoms with van der Waals surface area (Å²) in [6.45, 7) is 1.65. The Balaban J connectivity index is 2.63. The Morgan fingerprint density at radius 1 is 1.75 bits per heavy atom. The minimum atomic E-state index is -1.09. The normalized spacial score (nSPS) is 72.8. The van der Waals surface area contributed by atoms with Gasteiger partial charge in [0.1, 0.15) is 0 Å². The fourth-order valence-corrected chi connectivity index (χ4v) is 0.686. The molecule has 1 aliphatic heterocycles. The highest BCUT2D eigenvalue weighted by molar-refractivity contribution is 4.70. The van der Waals surface area contributed by atoms with E-state index in [1.807, 2.05) is 0 Å². The van der Waals surface area contributed by atoms with Crippen molar-refractivity contribution in [2.75, 3.05) is 13.2 Å². The average Bonchev–Trinajstić information content (AvgIpc) is 1.83. The zero-order chi connectivity index (χ0) is 8.65. The molecule has 0 amide bonds. The van der Waals surface area contributed by atoms with Gasteiger partial charge in [0, 0.05) is 13.4 Å². The van der Waals surface area contributed by atoms with Crippen molar-refractivity contribution in [3.63, 3.8) is 0 Å². The van der Waals surface area contributed by atoms with Crippen LogP contribution >= 0.6 is 0 Å². The van der Waals surface area contributed by atoms with Crippen LogP contribution in [-0.4, -0.2) is 25.2 Å². The fraction of sp³-hybridized carbons (Fsp3) is 1.00. The average molecular weight is 118 g/mol. The molecule has 8 heavy (non-hydrogen) atoms. The monoisotopic (exact) mass is 118 g/mol. The lowest BCUT2D eigenvalue weighted by molar-refractivity contribution is 0.0560. The fourth-order valence-electron chi connectivity index (χ4n) is 0.686. The molecule has 0 aromatic heterocycles. The van der Waals surface area contributed by atoms with Crippen molar-refractivity contribution >= 4 is 0 Å². The van der Waals surface area contributed by atoms with Crippen molar-refractivity contribution in [2.45, 2.75) is 25.9 Å². The molecule has 0 spiro atoms. The van der Waals surface area contributed by atoms with Crippen LogP contribution in [0.25, 0.3) is 0 Å². The largest absolute Gasteiger partial charge is 0.378 e. The summed E-state index contributed by atoms with van der Waals surface area (Å²) in [5.74, 6) is 0. The second kappa shape index (κ2) is 2.46. The van der Waals surface area contributed by atoms with Crippen molar-refractivity contribution < 1.29 is 8.85 Å². The lowest BCUT2D eigenvalue weighted by Crippen LogP contribution is -2.45. The maximum absolute atomic E-state index is 7.55. The molecule has 2 heteroatoms. The molecule has 4 unspecified atom stereocenters. The number of ether oxygens (including phenoxy) is 1. The second-order valence-corrected chi connectivity index (χ2v) is 2.01. The van der Waals surface area contributed by atoms with Gasteiger partial charge in [-0.1, -0.05) is 0 Å². The molecule has 0 aromatic carbocycles. The van der Waals surface area contributed by atoms with Gasteiger partial charge < -0.3 is 10.1 Å². The molecule has 0 aliphatic carbocycles. The van der Waals surface area contributed by atoms with Crippen LogP contribution in [-0.2, 0) is 4.74 Å². The molecule has 48 valence electrons. The highest BCUT2D eigenvalue weighted by Crippen LogP contribution is 1.96. The van der Waals surface area contributed by atoms with Crippen LogP contribution in [0.5, 0.6) is 0 Å². The van der Waals surface area contributed by atoms with Gasteiger partial charge in [0.2, 0.25) is 0 Å². The molecule has 4 atom stereocenters. The van der Waals surface area contributed by atoms with Crippen LogP contribution in [0.4, 0.5) is 0 Å². The van der Waals surface area contributed by atoms with E-state index in [1.165, 1.54) is 0 Å². The molecule has 0 radical (unpaired) electrons. The second-order valence-electron chi connectivity index (χ2n) is 2.01. The Hall–Kier alpha value is -0.0800. The highest BCUT2D eigenvalue weighted by Gasteiger charge is 2.12. The van der Waals surface area contributed by atoms with Crippen LogP contribution < -0.4 is 5.32 Å². The molecule has 1 heterocycles. The third kappa shape index (κ3) is 1.46. The van der Waals surface area contributed by atoms with Crippen LogP contribution in [0.1, 0.15) is 18.0 Å². The molecule has 1 rings (SSSR count). The summed E-state index contributed by atoms with van der Waals surface area (Å²) >= 11 is 0. The molecule has 1 saturated heterocycles. The van der Waals surface area contributed by atoms with Crippen molar-refractivity contribution in [2.24, 2.45) is 0 Å². The number of rotatable bonds is 0. The summed E-state index contributed by atoms with van der Waals surface area (Å²) < 4.78 is 27.0. The van der Waals surface area contributed by atoms with Crippen molar-refractivity contribution in [1.82, 2.24) is 5.32 Å². The highest BCUT2D eigenvalue weighted by atomic mass is 16.5. The molecule has 0 saturated carbocycles. The third-order valence-electron chi connectivity index (χ3n) is 0.983. The van der Waals surface area contributed by atoms with Gasteiger partial charge in [-0.05, 0) is 13.8 Å². The first-order valence-corrected chi connectivity index (χ1v) is 2.71.